The zero-order valence-electron chi connectivity index (χ0n) is 7.94. The topological polar surface area (TPSA) is 48.9 Å². The van der Waals surface area contributed by atoms with Crippen LogP contribution >= 0.6 is 0 Å². The fourth-order valence-electron chi connectivity index (χ4n) is 1.39. The molecule has 0 aliphatic heterocycles. The predicted molar refractivity (Wildman–Crippen MR) is 53.8 cm³/mol. The van der Waals surface area contributed by atoms with Crippen LogP contribution < -0.4 is 0 Å². The lowest BCUT2D eigenvalue weighted by atomic mass is 10.1. The molecule has 2 rings (SSSR count). The highest BCUT2D eigenvalue weighted by Crippen LogP contribution is 2.19. The minimum Gasteiger partial charge on any atom is -0.382 e. The molecule has 1 unspecified atom stereocenters. The van der Waals surface area contributed by atoms with Crippen LogP contribution in [0.4, 0.5) is 0 Å². The second-order valence-electron chi connectivity index (χ2n) is 3.24. The third kappa shape index (κ3) is 1.67. The molecule has 2 aromatic rings. The molecule has 0 amide bonds. The Kier molecular flexibility index (Phi) is 2.33. The molecule has 14 heavy (non-hydrogen) atoms. The van der Waals surface area contributed by atoms with Gasteiger partial charge in [-0.2, -0.15) is 0 Å². The summed E-state index contributed by atoms with van der Waals surface area (Å²) in [5, 5.41) is 9.93. The Morgan fingerprint density at radius 1 is 1.29 bits per heavy atom. The highest BCUT2D eigenvalue weighted by Gasteiger charge is 2.11. The van der Waals surface area contributed by atoms with E-state index < -0.39 is 6.10 Å². The van der Waals surface area contributed by atoms with Gasteiger partial charge in [0.25, 0.3) is 0 Å². The molecule has 1 atom stereocenters. The van der Waals surface area contributed by atoms with E-state index in [1.54, 1.807) is 6.20 Å². The van der Waals surface area contributed by atoms with Crippen molar-refractivity contribution in [3.63, 3.8) is 0 Å². The fourth-order valence-corrected chi connectivity index (χ4v) is 1.39. The first-order valence-corrected chi connectivity index (χ1v) is 4.52. The largest absolute Gasteiger partial charge is 0.382 e. The first-order valence-electron chi connectivity index (χ1n) is 4.52. The second-order valence-corrected chi connectivity index (χ2v) is 3.24. The quantitative estimate of drug-likeness (QED) is 0.755. The maximum Gasteiger partial charge on any atom is 0.120 e. The van der Waals surface area contributed by atoms with Gasteiger partial charge in [-0.15, -0.1) is 0 Å². The van der Waals surface area contributed by atoms with Gasteiger partial charge in [0.15, 0.2) is 0 Å². The third-order valence-electron chi connectivity index (χ3n) is 2.13. The molecule has 0 saturated carbocycles. The van der Waals surface area contributed by atoms with Crippen molar-refractivity contribution in [2.45, 2.75) is 13.0 Å². The molecule has 3 heteroatoms. The van der Waals surface area contributed by atoms with Gasteiger partial charge in [-0.3, -0.25) is 0 Å². The molecule has 0 saturated heterocycles. The molecule has 3 nitrogen and oxygen atoms in total. The van der Waals surface area contributed by atoms with E-state index in [4.69, 9.17) is 0 Å². The van der Waals surface area contributed by atoms with E-state index in [0.717, 1.165) is 17.1 Å². The Hall–Kier alpha value is -1.61. The van der Waals surface area contributed by atoms with Gasteiger partial charge in [-0.25, -0.2) is 4.98 Å². The molecule has 0 aliphatic rings. The molecular weight excluding hydrogens is 176 g/mol. The number of nitrogens with zero attached hydrogens (tertiary/aromatic N) is 1. The van der Waals surface area contributed by atoms with E-state index in [-0.39, 0.29) is 0 Å². The monoisotopic (exact) mass is 188 g/mol. The van der Waals surface area contributed by atoms with Gasteiger partial charge < -0.3 is 10.1 Å². The van der Waals surface area contributed by atoms with Gasteiger partial charge >= 0.3 is 0 Å². The number of nitrogens with one attached hydrogen (secondary N) is 1. The highest BCUT2D eigenvalue weighted by molar-refractivity contribution is 5.24. The molecule has 0 bridgehead atoms. The molecule has 1 aromatic carbocycles. The summed E-state index contributed by atoms with van der Waals surface area (Å²) in [4.78, 5) is 7.06. The molecule has 2 N–H and O–H groups in total. The van der Waals surface area contributed by atoms with Crippen molar-refractivity contribution < 1.29 is 5.11 Å². The van der Waals surface area contributed by atoms with Gasteiger partial charge in [0.05, 0.1) is 11.9 Å². The first kappa shape index (κ1) is 8.97. The summed E-state index contributed by atoms with van der Waals surface area (Å²) < 4.78 is 0. The lowest BCUT2D eigenvalue weighted by Crippen LogP contribution is -1.99. The van der Waals surface area contributed by atoms with Crippen LogP contribution in [-0.4, -0.2) is 15.1 Å². The van der Waals surface area contributed by atoms with E-state index >= 15 is 0 Å². The number of H-pyrrole nitrogens is 1. The number of aromatic amines is 1. The number of aliphatic hydroxyl groups excluding tert-OH is 1. The van der Waals surface area contributed by atoms with E-state index in [0.29, 0.717) is 0 Å². The van der Waals surface area contributed by atoms with E-state index in [1.807, 2.05) is 37.3 Å². The van der Waals surface area contributed by atoms with E-state index in [1.165, 1.54) is 0 Å². The number of imidazole rings is 1. The Morgan fingerprint density at radius 2 is 2.00 bits per heavy atom. The predicted octanol–water partition coefficient (Wildman–Crippen LogP) is 1.80. The molecule has 0 radical (unpaired) electrons. The number of aromatic nitrogens is 2. The third-order valence-corrected chi connectivity index (χ3v) is 2.13. The highest BCUT2D eigenvalue weighted by atomic mass is 16.3. The zero-order chi connectivity index (χ0) is 9.97. The molecule has 0 spiro atoms. The molecule has 0 fully saturated rings. The van der Waals surface area contributed by atoms with Crippen molar-refractivity contribution in [3.8, 4) is 0 Å². The normalized spacial score (nSPS) is 12.7. The fraction of sp³-hybridized carbons (Fsp3) is 0.182. The van der Waals surface area contributed by atoms with Crippen LogP contribution in [0.15, 0.2) is 36.5 Å². The number of aliphatic hydroxyl groups is 1. The number of hydrogen-bond acceptors (Lipinski definition) is 2. The van der Waals surface area contributed by atoms with Gasteiger partial charge in [0, 0.05) is 0 Å². The van der Waals surface area contributed by atoms with Crippen LogP contribution in [0.2, 0.25) is 0 Å². The Bertz CT molecular complexity index is 408. The average molecular weight is 188 g/mol. The minimum absolute atomic E-state index is 0.614. The Morgan fingerprint density at radius 3 is 2.57 bits per heavy atom. The lowest BCUT2D eigenvalue weighted by Gasteiger charge is -2.07. The summed E-state index contributed by atoms with van der Waals surface area (Å²) in [7, 11) is 0. The van der Waals surface area contributed by atoms with Crippen LogP contribution in [0.25, 0.3) is 0 Å². The summed E-state index contributed by atoms with van der Waals surface area (Å²) >= 11 is 0. The standard InChI is InChI=1S/C11H12N2O/c1-8-12-7-10(13-8)11(14)9-5-3-2-4-6-9/h2-7,11,14H,1H3,(H,12,13). The van der Waals surface area contributed by atoms with Gasteiger partial charge in [0.1, 0.15) is 11.9 Å². The van der Waals surface area contributed by atoms with E-state index in [2.05, 4.69) is 9.97 Å². The maximum absolute atomic E-state index is 9.93. The molecule has 1 aromatic heterocycles. The van der Waals surface area contributed by atoms with Crippen LogP contribution in [0.3, 0.4) is 0 Å². The Balaban J connectivity index is 2.29. The summed E-state index contributed by atoms with van der Waals surface area (Å²) in [6.45, 7) is 1.86. The van der Waals surface area contributed by atoms with Gasteiger partial charge in [-0.05, 0) is 12.5 Å². The number of aryl methyl sites for hydroxylation is 1. The molecular formula is C11H12N2O. The van der Waals surface area contributed by atoms with Crippen LogP contribution in [0, 0.1) is 6.92 Å². The van der Waals surface area contributed by atoms with Crippen LogP contribution in [0.1, 0.15) is 23.2 Å². The number of rotatable bonds is 2. The maximum atomic E-state index is 9.93. The molecule has 0 aliphatic carbocycles. The first-order chi connectivity index (χ1) is 6.77. The smallest absolute Gasteiger partial charge is 0.120 e. The second kappa shape index (κ2) is 3.64. The number of hydrogen-bond donors (Lipinski definition) is 2. The van der Waals surface area contributed by atoms with Crippen molar-refractivity contribution in [2.24, 2.45) is 0 Å². The van der Waals surface area contributed by atoms with Crippen molar-refractivity contribution in [3.05, 3.63) is 53.6 Å². The van der Waals surface area contributed by atoms with E-state index in [9.17, 15) is 5.11 Å². The average Bonchev–Trinajstić information content (AvgIpc) is 2.65. The summed E-state index contributed by atoms with van der Waals surface area (Å²) in [5.41, 5.74) is 1.60. The summed E-state index contributed by atoms with van der Waals surface area (Å²) in [5.74, 6) is 0.815. The summed E-state index contributed by atoms with van der Waals surface area (Å²) in [6, 6.07) is 9.51. The van der Waals surface area contributed by atoms with Crippen molar-refractivity contribution in [2.75, 3.05) is 0 Å². The minimum atomic E-state index is -0.614. The lowest BCUT2D eigenvalue weighted by molar-refractivity contribution is 0.216. The van der Waals surface area contributed by atoms with Crippen molar-refractivity contribution >= 4 is 0 Å². The van der Waals surface area contributed by atoms with Crippen LogP contribution in [-0.2, 0) is 0 Å². The van der Waals surface area contributed by atoms with Gasteiger partial charge in [-0.1, -0.05) is 30.3 Å². The number of benzene rings is 1. The van der Waals surface area contributed by atoms with Crippen molar-refractivity contribution in [1.82, 2.24) is 9.97 Å². The van der Waals surface area contributed by atoms with Crippen LogP contribution in [0.5, 0.6) is 0 Å². The van der Waals surface area contributed by atoms with Crippen molar-refractivity contribution in [1.29, 1.82) is 0 Å². The molecule has 72 valence electrons. The summed E-state index contributed by atoms with van der Waals surface area (Å²) in [6.07, 6.45) is 1.05. The zero-order valence-corrected chi connectivity index (χ0v) is 7.94. The molecule has 1 heterocycles. The van der Waals surface area contributed by atoms with Gasteiger partial charge in [0.2, 0.25) is 0 Å². The SMILES string of the molecule is Cc1ncc(C(O)c2ccccc2)[nH]1. The Labute approximate surface area is 82.4 Å².